The topological polar surface area (TPSA) is 168 Å². The van der Waals surface area contributed by atoms with E-state index in [-0.39, 0.29) is 43.4 Å². The zero-order chi connectivity index (χ0) is 46.0. The van der Waals surface area contributed by atoms with Gasteiger partial charge in [0.1, 0.15) is 18.1 Å². The molecular formula is C48H62N8O7S. The quantitative estimate of drug-likeness (QED) is 0.149. The Bertz CT molecular complexity index is 2420. The maximum atomic E-state index is 14.6. The number of cyclic esters (lactones) is 1. The van der Waals surface area contributed by atoms with Crippen LogP contribution in [0.4, 0.5) is 0 Å². The van der Waals surface area contributed by atoms with Gasteiger partial charge in [-0.1, -0.05) is 40.3 Å². The van der Waals surface area contributed by atoms with Gasteiger partial charge in [0.05, 0.1) is 40.6 Å². The molecule has 16 heteroatoms. The zero-order valence-electron chi connectivity index (χ0n) is 38.3. The number of nitrogens with zero attached hydrogens (tertiary/aromatic N) is 6. The molecule has 64 heavy (non-hydrogen) atoms. The molecule has 0 saturated carbocycles. The molecule has 4 amide bonds. The van der Waals surface area contributed by atoms with Crippen LogP contribution in [0.15, 0.2) is 55.3 Å². The second-order valence-corrected chi connectivity index (χ2v) is 19.2. The number of rotatable bonds is 10. The number of benzene rings is 1. The Labute approximate surface area is 379 Å². The van der Waals surface area contributed by atoms with Crippen LogP contribution in [0.1, 0.15) is 83.9 Å². The summed E-state index contributed by atoms with van der Waals surface area (Å²) in [5.74, 6) is -2.64. The Morgan fingerprint density at radius 1 is 1.14 bits per heavy atom. The van der Waals surface area contributed by atoms with Crippen molar-refractivity contribution in [2.75, 3.05) is 40.4 Å². The van der Waals surface area contributed by atoms with Crippen LogP contribution in [-0.4, -0.2) is 117 Å². The van der Waals surface area contributed by atoms with E-state index in [9.17, 15) is 24.0 Å². The number of aromatic nitrogens is 3. The first kappa shape index (κ1) is 46.5. The summed E-state index contributed by atoms with van der Waals surface area (Å²) in [4.78, 5) is 77.7. The van der Waals surface area contributed by atoms with E-state index in [4.69, 9.17) is 18.8 Å². The zero-order valence-corrected chi connectivity index (χ0v) is 39.1. The number of pyridine rings is 1. The average Bonchev–Trinajstić information content (AvgIpc) is 4.05. The number of amides is 4. The Balaban J connectivity index is 1.27. The Morgan fingerprint density at radius 2 is 1.92 bits per heavy atom. The number of methoxy groups -OCH3 is 1. The van der Waals surface area contributed by atoms with Gasteiger partial charge >= 0.3 is 5.97 Å². The molecule has 2 saturated heterocycles. The molecule has 0 aliphatic carbocycles. The molecule has 1 unspecified atom stereocenters. The van der Waals surface area contributed by atoms with Crippen molar-refractivity contribution in [2.24, 2.45) is 17.3 Å². The summed E-state index contributed by atoms with van der Waals surface area (Å²) >= 11 is 1.33. The van der Waals surface area contributed by atoms with Crippen molar-refractivity contribution in [3.8, 4) is 21.7 Å². The molecule has 2 N–H and O–H groups in total. The van der Waals surface area contributed by atoms with Crippen molar-refractivity contribution in [3.63, 3.8) is 0 Å². The lowest BCUT2D eigenvalue weighted by molar-refractivity contribution is -0.155. The first-order valence-corrected chi connectivity index (χ1v) is 23.1. The molecule has 342 valence electrons. The van der Waals surface area contributed by atoms with Gasteiger partial charge in [0, 0.05) is 74.8 Å². The molecular weight excluding hydrogens is 833 g/mol. The van der Waals surface area contributed by atoms with Crippen LogP contribution in [-0.2, 0) is 52.8 Å². The van der Waals surface area contributed by atoms with E-state index in [1.165, 1.54) is 27.5 Å². The van der Waals surface area contributed by atoms with Gasteiger partial charge in [-0.3, -0.25) is 34.0 Å². The fraction of sp³-hybridized carbons (Fsp3) is 0.521. The van der Waals surface area contributed by atoms with Crippen LogP contribution in [0, 0.1) is 17.3 Å². The van der Waals surface area contributed by atoms with Gasteiger partial charge in [-0.2, -0.15) is 4.37 Å². The molecule has 1 aromatic carbocycles. The molecule has 0 spiro atoms. The number of hydrazine groups is 1. The number of fused-ring (bicyclic) bond motifs is 6. The van der Waals surface area contributed by atoms with Crippen molar-refractivity contribution < 1.29 is 33.4 Å². The van der Waals surface area contributed by atoms with E-state index >= 15 is 0 Å². The number of carbonyl (C=O) groups is 5. The van der Waals surface area contributed by atoms with Gasteiger partial charge in [-0.25, -0.2) is 5.43 Å². The summed E-state index contributed by atoms with van der Waals surface area (Å²) in [5, 5.41) is 5.49. The van der Waals surface area contributed by atoms with Crippen molar-refractivity contribution in [2.45, 2.75) is 104 Å². The average molecular weight is 895 g/mol. The second-order valence-electron chi connectivity index (χ2n) is 18.4. The standard InChI is InChI=1S/C48H62N8O7S/c1-10-40(57)54-21-18-31(26-54)45(59)53(8)42(28(3)4)44(58)50-37-23-32-24-39(64-52-32)30-16-17-38-34(22-30)35(43(55(38)11-2)33-14-12-19-49-41(33)29(5)62-9)25-48(6,7)27-63-47(61)36-15-13-20-56(51-36)46(37)60/h10,12,14,16-17,19,22,24,28-29,31,36-37,42,51H,1,11,13,15,18,20-21,23,25-27H2,2-9H3,(H,50,58)/t29-,31-,36?,37-,42-/m0/s1. The minimum Gasteiger partial charge on any atom is -0.464 e. The van der Waals surface area contributed by atoms with E-state index in [0.29, 0.717) is 51.0 Å². The number of esters is 1. The summed E-state index contributed by atoms with van der Waals surface area (Å²) in [7, 11) is 3.28. The van der Waals surface area contributed by atoms with E-state index < -0.39 is 47.2 Å². The van der Waals surface area contributed by atoms with Gasteiger partial charge in [0.2, 0.25) is 17.7 Å². The number of likely N-dealkylation sites (N-methyl/N-ethyl adjacent to an activating group) is 1. The van der Waals surface area contributed by atoms with E-state index in [2.05, 4.69) is 66.9 Å². The van der Waals surface area contributed by atoms with Gasteiger partial charge in [-0.05, 0) is 105 Å². The highest BCUT2D eigenvalue weighted by Gasteiger charge is 2.40. The number of aryl methyl sites for hydroxylation is 1. The molecule has 3 aliphatic heterocycles. The number of ether oxygens (including phenoxy) is 2. The number of carbonyl (C=O) groups excluding carboxylic acids is 5. The normalized spacial score (nSPS) is 21.3. The minimum absolute atomic E-state index is 0.0671. The fourth-order valence-electron chi connectivity index (χ4n) is 9.50. The smallest absolute Gasteiger partial charge is 0.324 e. The Hall–Kier alpha value is -5.45. The molecule has 2 fully saturated rings. The molecule has 4 aromatic rings. The van der Waals surface area contributed by atoms with Crippen molar-refractivity contribution in [3.05, 3.63) is 72.2 Å². The van der Waals surface area contributed by atoms with Gasteiger partial charge in [0.15, 0.2) is 0 Å². The Kier molecular flexibility index (Phi) is 14.1. The van der Waals surface area contributed by atoms with E-state index in [1.807, 2.05) is 32.9 Å². The molecule has 3 aromatic heterocycles. The van der Waals surface area contributed by atoms with Crippen LogP contribution in [0.2, 0.25) is 0 Å². The van der Waals surface area contributed by atoms with Crippen LogP contribution in [0.25, 0.3) is 32.6 Å². The third-order valence-electron chi connectivity index (χ3n) is 12.9. The molecule has 15 nitrogen and oxygen atoms in total. The summed E-state index contributed by atoms with van der Waals surface area (Å²) in [6, 6.07) is 9.65. The predicted molar refractivity (Wildman–Crippen MR) is 246 cm³/mol. The fourth-order valence-corrected chi connectivity index (χ4v) is 10.3. The first-order valence-electron chi connectivity index (χ1n) is 22.4. The highest BCUT2D eigenvalue weighted by Crippen LogP contribution is 2.42. The minimum atomic E-state index is -1.09. The maximum absolute atomic E-state index is 14.6. The second kappa shape index (κ2) is 19.3. The highest BCUT2D eigenvalue weighted by atomic mass is 32.1. The number of hydrogen-bond acceptors (Lipinski definition) is 11. The summed E-state index contributed by atoms with van der Waals surface area (Å²) < 4.78 is 19.1. The molecule has 5 atom stereocenters. The number of hydrogen-bond donors (Lipinski definition) is 2. The van der Waals surface area contributed by atoms with E-state index in [1.54, 1.807) is 25.3 Å². The lowest BCUT2D eigenvalue weighted by Gasteiger charge is -2.37. The van der Waals surface area contributed by atoms with Gasteiger partial charge in [-0.15, -0.1) is 0 Å². The van der Waals surface area contributed by atoms with Crippen LogP contribution < -0.4 is 10.7 Å². The van der Waals surface area contributed by atoms with Crippen molar-refractivity contribution in [1.29, 1.82) is 0 Å². The third-order valence-corrected chi connectivity index (χ3v) is 13.8. The monoisotopic (exact) mass is 894 g/mol. The van der Waals surface area contributed by atoms with Crippen molar-refractivity contribution in [1.82, 2.24) is 39.5 Å². The summed E-state index contributed by atoms with van der Waals surface area (Å²) in [6.45, 7) is 17.4. The maximum Gasteiger partial charge on any atom is 0.324 e. The van der Waals surface area contributed by atoms with Crippen LogP contribution in [0.5, 0.6) is 0 Å². The lowest BCUT2D eigenvalue weighted by atomic mass is 9.84. The lowest BCUT2D eigenvalue weighted by Crippen LogP contribution is -2.62. The third kappa shape index (κ3) is 9.50. The summed E-state index contributed by atoms with van der Waals surface area (Å²) in [5.41, 5.74) is 9.21. The predicted octanol–water partition coefficient (Wildman–Crippen LogP) is 5.72. The number of nitrogens with one attached hydrogen (secondary N) is 2. The molecule has 7 rings (SSSR count). The van der Waals surface area contributed by atoms with Crippen LogP contribution >= 0.6 is 11.5 Å². The van der Waals surface area contributed by atoms with Gasteiger partial charge in [0.25, 0.3) is 5.91 Å². The highest BCUT2D eigenvalue weighted by molar-refractivity contribution is 7.09. The summed E-state index contributed by atoms with van der Waals surface area (Å²) in [6.07, 6.45) is 4.90. The van der Waals surface area contributed by atoms with Crippen LogP contribution in [0.3, 0.4) is 0 Å². The molecule has 0 radical (unpaired) electrons. The first-order chi connectivity index (χ1) is 30.5. The van der Waals surface area contributed by atoms with E-state index in [0.717, 1.165) is 43.9 Å². The number of likely N-dealkylation sites (tertiary alicyclic amines) is 1. The largest absolute Gasteiger partial charge is 0.464 e. The molecule has 6 heterocycles. The molecule has 3 aliphatic rings. The SMILES string of the molecule is C=CC(=O)N1CC[C@H](C(=O)N(C)[C@H](C(=O)N[C@H]2Cc3cc(sn3)-c3ccc4c(c3)c(c(-c3cccnc3[C@H](C)OC)n4CC)CC(C)(C)COC(=O)C3CCCN(N3)C2=O)C(C)C)C1. The Morgan fingerprint density at radius 3 is 2.64 bits per heavy atom. The van der Waals surface area contributed by atoms with Crippen molar-refractivity contribution >= 4 is 52.0 Å². The van der Waals surface area contributed by atoms with Gasteiger partial charge < -0.3 is 29.2 Å². The molecule has 6 bridgehead atoms.